The second kappa shape index (κ2) is 7.27. The van der Waals surface area contributed by atoms with Gasteiger partial charge in [0.2, 0.25) is 11.8 Å². The normalized spacial score (nSPS) is 29.8. The monoisotopic (exact) mass is 413 g/mol. The molecule has 2 N–H and O–H groups in total. The minimum Gasteiger partial charge on any atom is -0.497 e. The van der Waals surface area contributed by atoms with E-state index in [0.29, 0.717) is 11.6 Å². The van der Waals surface area contributed by atoms with E-state index in [0.717, 1.165) is 33.7 Å². The lowest BCUT2D eigenvalue weighted by atomic mass is 9.49. The zero-order chi connectivity index (χ0) is 20.0. The van der Waals surface area contributed by atoms with Gasteiger partial charge >= 0.3 is 0 Å². The molecule has 7 heteroatoms. The number of ether oxygens (including phenoxy) is 1. The number of fused-ring (bicyclic) bond motifs is 1. The van der Waals surface area contributed by atoms with E-state index in [9.17, 15) is 9.59 Å². The molecule has 0 radical (unpaired) electrons. The van der Waals surface area contributed by atoms with Gasteiger partial charge in [-0.25, -0.2) is 4.98 Å². The van der Waals surface area contributed by atoms with Gasteiger partial charge in [0, 0.05) is 6.42 Å². The smallest absolute Gasteiger partial charge is 0.245 e. The molecule has 2 aromatic rings. The molecule has 29 heavy (non-hydrogen) atoms. The number of hydrogen-bond donors (Lipinski definition) is 2. The quantitative estimate of drug-likeness (QED) is 0.751. The highest BCUT2D eigenvalue weighted by Crippen LogP contribution is 2.61. The average molecular weight is 414 g/mol. The Balaban J connectivity index is 1.14. The van der Waals surface area contributed by atoms with Crippen LogP contribution in [-0.2, 0) is 9.59 Å². The molecule has 1 heterocycles. The van der Waals surface area contributed by atoms with Crippen LogP contribution in [0, 0.1) is 23.2 Å². The zero-order valence-electron chi connectivity index (χ0n) is 16.7. The summed E-state index contributed by atoms with van der Waals surface area (Å²) < 4.78 is 6.17. The van der Waals surface area contributed by atoms with E-state index < -0.39 is 0 Å². The van der Waals surface area contributed by atoms with Crippen LogP contribution in [0.4, 0.5) is 5.13 Å². The standard InChI is InChI=1S/C22H27N3O3S/c1-28-16-2-3-17-18(7-16)29-21(24-17)25-20(27)12-23-19(26)11-22-8-13-4-14(9-22)6-15(5-13)10-22/h2-3,7,13-15H,4-6,8-12H2,1H3,(H,23,26)(H,24,25,27). The lowest BCUT2D eigenvalue weighted by Gasteiger charge is -2.56. The Morgan fingerprint density at radius 3 is 2.48 bits per heavy atom. The number of rotatable bonds is 6. The van der Waals surface area contributed by atoms with E-state index in [4.69, 9.17) is 4.74 Å². The Morgan fingerprint density at radius 2 is 1.83 bits per heavy atom. The highest BCUT2D eigenvalue weighted by atomic mass is 32.1. The van der Waals surface area contributed by atoms with Crippen LogP contribution >= 0.6 is 11.3 Å². The first-order valence-electron chi connectivity index (χ1n) is 10.5. The number of anilines is 1. The largest absolute Gasteiger partial charge is 0.497 e. The van der Waals surface area contributed by atoms with Crippen molar-refractivity contribution in [1.82, 2.24) is 10.3 Å². The van der Waals surface area contributed by atoms with Crippen LogP contribution in [0.5, 0.6) is 5.75 Å². The Kier molecular flexibility index (Phi) is 4.73. The Labute approximate surface area is 174 Å². The van der Waals surface area contributed by atoms with Crippen molar-refractivity contribution in [3.63, 3.8) is 0 Å². The molecule has 4 aliphatic rings. The van der Waals surface area contributed by atoms with E-state index in [1.807, 2.05) is 18.2 Å². The summed E-state index contributed by atoms with van der Waals surface area (Å²) in [4.78, 5) is 29.3. The summed E-state index contributed by atoms with van der Waals surface area (Å²) in [6, 6.07) is 5.61. The number of carbonyl (C=O) groups excluding carboxylic acids is 2. The SMILES string of the molecule is COc1ccc2nc(NC(=O)CNC(=O)CC34CC5CC(CC(C5)C3)C4)sc2c1. The molecular formula is C22H27N3O3S. The summed E-state index contributed by atoms with van der Waals surface area (Å²) in [7, 11) is 1.62. The van der Waals surface area contributed by atoms with Gasteiger partial charge in [-0.3, -0.25) is 9.59 Å². The molecule has 0 unspecified atom stereocenters. The summed E-state index contributed by atoms with van der Waals surface area (Å²) in [6.45, 7) is -0.00948. The molecule has 0 spiro atoms. The van der Waals surface area contributed by atoms with Crippen LogP contribution < -0.4 is 15.4 Å². The summed E-state index contributed by atoms with van der Waals surface area (Å²) in [6.07, 6.45) is 8.30. The molecule has 1 aromatic heterocycles. The second-order valence-electron chi connectivity index (χ2n) is 9.27. The van der Waals surface area contributed by atoms with E-state index in [1.165, 1.54) is 49.9 Å². The van der Waals surface area contributed by atoms with Crippen LogP contribution in [0.25, 0.3) is 10.2 Å². The molecule has 6 rings (SSSR count). The summed E-state index contributed by atoms with van der Waals surface area (Å²) in [5, 5.41) is 6.17. The van der Waals surface area contributed by atoms with E-state index in [-0.39, 0.29) is 23.8 Å². The molecule has 154 valence electrons. The molecule has 1 aromatic carbocycles. The molecule has 4 saturated carbocycles. The maximum Gasteiger partial charge on any atom is 0.245 e. The first kappa shape index (κ1) is 18.9. The maximum absolute atomic E-state index is 12.6. The first-order valence-corrected chi connectivity index (χ1v) is 11.3. The molecule has 6 nitrogen and oxygen atoms in total. The minimum atomic E-state index is -0.241. The van der Waals surface area contributed by atoms with Crippen LogP contribution in [0.15, 0.2) is 18.2 Å². The van der Waals surface area contributed by atoms with Crippen LogP contribution in [-0.4, -0.2) is 30.5 Å². The molecule has 2 amide bonds. The van der Waals surface area contributed by atoms with Crippen molar-refractivity contribution in [3.05, 3.63) is 18.2 Å². The predicted molar refractivity (Wildman–Crippen MR) is 113 cm³/mol. The number of carbonyl (C=O) groups is 2. The van der Waals surface area contributed by atoms with E-state index in [1.54, 1.807) is 7.11 Å². The fourth-order valence-corrected chi connectivity index (χ4v) is 7.25. The topological polar surface area (TPSA) is 80.3 Å². The Morgan fingerprint density at radius 1 is 1.14 bits per heavy atom. The van der Waals surface area contributed by atoms with Crippen molar-refractivity contribution in [2.45, 2.75) is 44.9 Å². The van der Waals surface area contributed by atoms with Gasteiger partial charge in [-0.05, 0) is 79.9 Å². The van der Waals surface area contributed by atoms with Gasteiger partial charge in [0.05, 0.1) is 23.9 Å². The second-order valence-corrected chi connectivity index (χ2v) is 10.3. The van der Waals surface area contributed by atoms with Gasteiger partial charge in [-0.15, -0.1) is 0 Å². The Hall–Kier alpha value is -2.15. The third-order valence-corrected chi connectivity index (χ3v) is 7.92. The van der Waals surface area contributed by atoms with E-state index >= 15 is 0 Å². The molecule has 0 aliphatic heterocycles. The van der Waals surface area contributed by atoms with Gasteiger partial charge in [-0.1, -0.05) is 11.3 Å². The third kappa shape index (κ3) is 3.84. The first-order chi connectivity index (χ1) is 14.0. The summed E-state index contributed by atoms with van der Waals surface area (Å²) in [5.41, 5.74) is 1.01. The molecule has 4 aliphatic carbocycles. The van der Waals surface area contributed by atoms with Crippen molar-refractivity contribution in [2.75, 3.05) is 19.0 Å². The number of hydrogen-bond acceptors (Lipinski definition) is 5. The van der Waals surface area contributed by atoms with Crippen molar-refractivity contribution >= 4 is 38.5 Å². The summed E-state index contributed by atoms with van der Waals surface area (Å²) in [5.74, 6) is 3.02. The van der Waals surface area contributed by atoms with Crippen LogP contribution in [0.3, 0.4) is 0 Å². The number of thiazole rings is 1. The van der Waals surface area contributed by atoms with Crippen molar-refractivity contribution in [2.24, 2.45) is 23.2 Å². The molecular weight excluding hydrogens is 386 g/mol. The van der Waals surface area contributed by atoms with Crippen molar-refractivity contribution in [1.29, 1.82) is 0 Å². The van der Waals surface area contributed by atoms with Gasteiger partial charge < -0.3 is 15.4 Å². The van der Waals surface area contributed by atoms with Gasteiger partial charge in [0.25, 0.3) is 0 Å². The number of nitrogens with one attached hydrogen (secondary N) is 2. The number of nitrogens with zero attached hydrogens (tertiary/aromatic N) is 1. The fraction of sp³-hybridized carbons (Fsp3) is 0.591. The number of benzene rings is 1. The van der Waals surface area contributed by atoms with Crippen LogP contribution in [0.2, 0.25) is 0 Å². The maximum atomic E-state index is 12.6. The predicted octanol–water partition coefficient (Wildman–Crippen LogP) is 3.97. The van der Waals surface area contributed by atoms with Gasteiger partial charge in [-0.2, -0.15) is 0 Å². The Bertz CT molecular complexity index is 919. The van der Waals surface area contributed by atoms with E-state index in [2.05, 4.69) is 15.6 Å². The number of amides is 2. The molecule has 0 atom stereocenters. The molecule has 4 fully saturated rings. The van der Waals surface area contributed by atoms with Crippen molar-refractivity contribution in [3.8, 4) is 5.75 Å². The number of aromatic nitrogens is 1. The van der Waals surface area contributed by atoms with Gasteiger partial charge in [0.15, 0.2) is 5.13 Å². The summed E-state index contributed by atoms with van der Waals surface area (Å²) >= 11 is 1.40. The van der Waals surface area contributed by atoms with Gasteiger partial charge in [0.1, 0.15) is 5.75 Å². The third-order valence-electron chi connectivity index (χ3n) is 6.99. The minimum absolute atomic E-state index is 0.00948. The molecule has 0 saturated heterocycles. The molecule has 4 bridgehead atoms. The fourth-order valence-electron chi connectivity index (χ4n) is 6.34. The highest BCUT2D eigenvalue weighted by Gasteiger charge is 2.51. The highest BCUT2D eigenvalue weighted by molar-refractivity contribution is 7.22. The zero-order valence-corrected chi connectivity index (χ0v) is 17.5. The van der Waals surface area contributed by atoms with Crippen molar-refractivity contribution < 1.29 is 14.3 Å². The lowest BCUT2D eigenvalue weighted by Crippen LogP contribution is -2.48. The number of methoxy groups -OCH3 is 1. The van der Waals surface area contributed by atoms with Crippen LogP contribution in [0.1, 0.15) is 44.9 Å². The average Bonchev–Trinajstić information content (AvgIpc) is 3.06. The lowest BCUT2D eigenvalue weighted by molar-refractivity contribution is -0.131.